The molecule has 0 bridgehead atoms. The monoisotopic (exact) mass is 462 g/mol. The summed E-state index contributed by atoms with van der Waals surface area (Å²) in [7, 11) is 0. The van der Waals surface area contributed by atoms with E-state index in [2.05, 4.69) is 10.2 Å². The van der Waals surface area contributed by atoms with Crippen LogP contribution >= 0.6 is 0 Å². The molecule has 0 unspecified atom stereocenters. The minimum atomic E-state index is 0.0612. The van der Waals surface area contributed by atoms with Crippen LogP contribution < -0.4 is 14.8 Å². The molecule has 1 saturated heterocycles. The van der Waals surface area contributed by atoms with Gasteiger partial charge in [-0.05, 0) is 55.3 Å². The molecule has 2 aliphatic rings. The molecular formula is C26H30N4O4. The molecule has 0 radical (unpaired) electrons. The maximum absolute atomic E-state index is 12.5. The zero-order chi connectivity index (χ0) is 23.2. The second-order valence-corrected chi connectivity index (χ2v) is 8.51. The minimum absolute atomic E-state index is 0.0612. The Bertz CT molecular complexity index is 1110. The van der Waals surface area contributed by atoms with Gasteiger partial charge in [0.25, 0.3) is 0 Å². The van der Waals surface area contributed by atoms with Crippen molar-refractivity contribution in [3.05, 3.63) is 60.3 Å². The first kappa shape index (κ1) is 22.4. The van der Waals surface area contributed by atoms with Gasteiger partial charge >= 0.3 is 0 Å². The van der Waals surface area contributed by atoms with Crippen molar-refractivity contribution < 1.29 is 19.0 Å². The molecule has 0 aliphatic carbocycles. The lowest BCUT2D eigenvalue weighted by atomic mass is 10.0. The van der Waals surface area contributed by atoms with Crippen LogP contribution in [0.1, 0.15) is 18.4 Å². The fourth-order valence-electron chi connectivity index (χ4n) is 4.28. The highest BCUT2D eigenvalue weighted by Gasteiger charge is 2.18. The van der Waals surface area contributed by atoms with E-state index in [1.165, 1.54) is 0 Å². The van der Waals surface area contributed by atoms with Crippen LogP contribution in [-0.2, 0) is 16.0 Å². The summed E-state index contributed by atoms with van der Waals surface area (Å²) in [5, 5.41) is 7.92. The van der Waals surface area contributed by atoms with Crippen molar-refractivity contribution in [3.63, 3.8) is 0 Å². The Morgan fingerprint density at radius 3 is 2.71 bits per heavy atom. The van der Waals surface area contributed by atoms with Gasteiger partial charge in [-0.3, -0.25) is 9.69 Å². The lowest BCUT2D eigenvalue weighted by Gasteiger charge is -2.26. The Kier molecular flexibility index (Phi) is 7.07. The normalized spacial score (nSPS) is 15.4. The second-order valence-electron chi connectivity index (χ2n) is 8.51. The molecule has 34 heavy (non-hydrogen) atoms. The summed E-state index contributed by atoms with van der Waals surface area (Å²) in [5.74, 6) is 1.52. The van der Waals surface area contributed by atoms with Crippen LogP contribution in [0.2, 0.25) is 0 Å². The molecule has 0 saturated carbocycles. The number of para-hydroxylation sites is 1. The SMILES string of the molecule is O=C(CCc1cn(-c2ccccc2)nc1-c1ccc2c(c1)OCO2)NCCCN1CCOCC1. The number of fused-ring (bicyclic) bond motifs is 1. The number of nitrogens with one attached hydrogen (secondary N) is 1. The highest BCUT2D eigenvalue weighted by Crippen LogP contribution is 2.36. The van der Waals surface area contributed by atoms with Crippen LogP contribution in [0.4, 0.5) is 0 Å². The van der Waals surface area contributed by atoms with Crippen molar-refractivity contribution in [1.82, 2.24) is 20.0 Å². The molecule has 3 aromatic rings. The van der Waals surface area contributed by atoms with Crippen LogP contribution in [0.5, 0.6) is 11.5 Å². The van der Waals surface area contributed by atoms with Crippen LogP contribution in [0.15, 0.2) is 54.7 Å². The number of amides is 1. The molecule has 0 spiro atoms. The molecule has 0 atom stereocenters. The van der Waals surface area contributed by atoms with Crippen LogP contribution in [0.25, 0.3) is 16.9 Å². The van der Waals surface area contributed by atoms with E-state index < -0.39 is 0 Å². The molecule has 1 amide bonds. The Hall–Kier alpha value is -3.36. The third-order valence-corrected chi connectivity index (χ3v) is 6.16. The summed E-state index contributed by atoms with van der Waals surface area (Å²) >= 11 is 0. The van der Waals surface area contributed by atoms with Gasteiger partial charge in [-0.2, -0.15) is 5.10 Å². The summed E-state index contributed by atoms with van der Waals surface area (Å²) in [6.07, 6.45) is 3.97. The van der Waals surface area contributed by atoms with Gasteiger partial charge in [-0.15, -0.1) is 0 Å². The van der Waals surface area contributed by atoms with Crippen molar-refractivity contribution in [2.75, 3.05) is 46.2 Å². The summed E-state index contributed by atoms with van der Waals surface area (Å²) in [5.41, 5.74) is 3.79. The number of aryl methyl sites for hydroxylation is 1. The molecule has 8 heteroatoms. The average Bonchev–Trinajstić information content (AvgIpc) is 3.53. The van der Waals surface area contributed by atoms with E-state index in [0.29, 0.717) is 19.4 Å². The van der Waals surface area contributed by atoms with Gasteiger partial charge in [0.05, 0.1) is 24.6 Å². The molecule has 1 aromatic heterocycles. The van der Waals surface area contributed by atoms with Gasteiger partial charge in [0.15, 0.2) is 11.5 Å². The van der Waals surface area contributed by atoms with Crippen molar-refractivity contribution in [3.8, 4) is 28.4 Å². The van der Waals surface area contributed by atoms with Crippen LogP contribution in [0.3, 0.4) is 0 Å². The molecular weight excluding hydrogens is 432 g/mol. The van der Waals surface area contributed by atoms with Crippen molar-refractivity contribution in [2.24, 2.45) is 0 Å². The first-order chi connectivity index (χ1) is 16.8. The van der Waals surface area contributed by atoms with Gasteiger partial charge in [0, 0.05) is 37.8 Å². The molecule has 2 aliphatic heterocycles. The predicted octanol–water partition coefficient (Wildman–Crippen LogP) is 3.04. The lowest BCUT2D eigenvalue weighted by molar-refractivity contribution is -0.121. The summed E-state index contributed by atoms with van der Waals surface area (Å²) in [6.45, 7) is 5.46. The Morgan fingerprint density at radius 1 is 1.03 bits per heavy atom. The topological polar surface area (TPSA) is 77.9 Å². The van der Waals surface area contributed by atoms with E-state index in [9.17, 15) is 4.79 Å². The molecule has 178 valence electrons. The Labute approximate surface area is 199 Å². The van der Waals surface area contributed by atoms with Crippen molar-refractivity contribution >= 4 is 5.91 Å². The number of rotatable bonds is 9. The smallest absolute Gasteiger partial charge is 0.231 e. The number of morpholine rings is 1. The summed E-state index contributed by atoms with van der Waals surface area (Å²) < 4.78 is 18.3. The summed E-state index contributed by atoms with van der Waals surface area (Å²) in [4.78, 5) is 14.9. The molecule has 3 heterocycles. The maximum Gasteiger partial charge on any atom is 0.231 e. The van der Waals surface area contributed by atoms with Gasteiger partial charge in [-0.25, -0.2) is 4.68 Å². The summed E-state index contributed by atoms with van der Waals surface area (Å²) in [6, 6.07) is 15.8. The minimum Gasteiger partial charge on any atom is -0.454 e. The third kappa shape index (κ3) is 5.40. The van der Waals surface area contributed by atoms with E-state index in [4.69, 9.17) is 19.3 Å². The first-order valence-corrected chi connectivity index (χ1v) is 11.9. The van der Waals surface area contributed by atoms with Gasteiger partial charge in [0.1, 0.15) is 0 Å². The van der Waals surface area contributed by atoms with E-state index in [1.807, 2.05) is 59.4 Å². The zero-order valence-corrected chi connectivity index (χ0v) is 19.2. The number of carbonyl (C=O) groups is 1. The number of ether oxygens (including phenoxy) is 3. The maximum atomic E-state index is 12.5. The highest BCUT2D eigenvalue weighted by molar-refractivity contribution is 5.77. The molecule has 5 rings (SSSR count). The second kappa shape index (κ2) is 10.7. The highest BCUT2D eigenvalue weighted by atomic mass is 16.7. The number of hydrogen-bond acceptors (Lipinski definition) is 6. The fourth-order valence-corrected chi connectivity index (χ4v) is 4.28. The zero-order valence-electron chi connectivity index (χ0n) is 19.2. The number of aromatic nitrogens is 2. The predicted molar refractivity (Wildman–Crippen MR) is 128 cm³/mol. The van der Waals surface area contributed by atoms with E-state index >= 15 is 0 Å². The first-order valence-electron chi connectivity index (χ1n) is 11.9. The Morgan fingerprint density at radius 2 is 1.85 bits per heavy atom. The fraction of sp³-hybridized carbons (Fsp3) is 0.385. The molecule has 1 N–H and O–H groups in total. The van der Waals surface area contributed by atoms with Gasteiger partial charge in [-0.1, -0.05) is 18.2 Å². The average molecular weight is 463 g/mol. The Balaban J connectivity index is 1.24. The van der Waals surface area contributed by atoms with E-state index in [0.717, 1.165) is 73.3 Å². The van der Waals surface area contributed by atoms with E-state index in [-0.39, 0.29) is 12.7 Å². The molecule has 8 nitrogen and oxygen atoms in total. The quantitative estimate of drug-likeness (QED) is 0.493. The molecule has 2 aromatic carbocycles. The van der Waals surface area contributed by atoms with Crippen LogP contribution in [-0.4, -0.2) is 66.8 Å². The molecule has 1 fully saturated rings. The van der Waals surface area contributed by atoms with Crippen LogP contribution in [0, 0.1) is 0 Å². The number of carbonyl (C=O) groups excluding carboxylic acids is 1. The van der Waals surface area contributed by atoms with Crippen molar-refractivity contribution in [1.29, 1.82) is 0 Å². The standard InChI is InChI=1S/C26H30N4O4/c31-25(27-11-4-12-29-13-15-32-16-14-29)10-8-21-18-30(22-5-2-1-3-6-22)28-26(21)20-7-9-23-24(17-20)34-19-33-23/h1-3,5-7,9,17-18H,4,8,10-16,19H2,(H,27,31). The van der Waals surface area contributed by atoms with Crippen molar-refractivity contribution in [2.45, 2.75) is 19.3 Å². The number of nitrogens with zero attached hydrogens (tertiary/aromatic N) is 3. The van der Waals surface area contributed by atoms with E-state index in [1.54, 1.807) is 0 Å². The number of hydrogen-bond donors (Lipinski definition) is 1. The largest absolute Gasteiger partial charge is 0.454 e. The number of benzene rings is 2. The van der Waals surface area contributed by atoms with Gasteiger partial charge in [0.2, 0.25) is 12.7 Å². The van der Waals surface area contributed by atoms with Gasteiger partial charge < -0.3 is 19.5 Å². The third-order valence-electron chi connectivity index (χ3n) is 6.16. The lowest BCUT2D eigenvalue weighted by Crippen LogP contribution is -2.38.